The van der Waals surface area contributed by atoms with Gasteiger partial charge in [0.15, 0.2) is 0 Å². The van der Waals surface area contributed by atoms with Gasteiger partial charge in [-0.25, -0.2) is 0 Å². The number of nitrogens with zero attached hydrogens (tertiary/aromatic N) is 1. The van der Waals surface area contributed by atoms with E-state index >= 15 is 0 Å². The maximum absolute atomic E-state index is 2.44. The molecule has 0 aliphatic carbocycles. The van der Waals surface area contributed by atoms with Crippen molar-refractivity contribution in [3.63, 3.8) is 0 Å². The van der Waals surface area contributed by atoms with Crippen LogP contribution in [0.25, 0.3) is 77.5 Å². The van der Waals surface area contributed by atoms with E-state index in [1.807, 2.05) is 0 Å². The first-order valence-corrected chi connectivity index (χ1v) is 20.3. The Bertz CT molecular complexity index is 2820. The molecular weight excluding hydrogens is 711 g/mol. The maximum atomic E-state index is 2.44. The molecule has 0 N–H and O–H groups in total. The van der Waals surface area contributed by atoms with Gasteiger partial charge in [-0.15, -0.1) is 0 Å². The molecule has 59 heavy (non-hydrogen) atoms. The van der Waals surface area contributed by atoms with Crippen LogP contribution in [0.4, 0.5) is 17.1 Å². The summed E-state index contributed by atoms with van der Waals surface area (Å²) in [6.45, 7) is 0. The third kappa shape index (κ3) is 7.23. The van der Waals surface area contributed by atoms with Crippen LogP contribution < -0.4 is 4.90 Å². The van der Waals surface area contributed by atoms with E-state index in [0.29, 0.717) is 0 Å². The third-order valence-electron chi connectivity index (χ3n) is 11.3. The van der Waals surface area contributed by atoms with Crippen molar-refractivity contribution in [2.75, 3.05) is 4.90 Å². The number of hydrogen-bond donors (Lipinski definition) is 0. The number of fused-ring (bicyclic) bond motifs is 1. The van der Waals surface area contributed by atoms with Gasteiger partial charge in [0.05, 0.1) is 5.69 Å². The van der Waals surface area contributed by atoms with E-state index in [4.69, 9.17) is 0 Å². The first-order chi connectivity index (χ1) is 29.3. The van der Waals surface area contributed by atoms with E-state index < -0.39 is 0 Å². The van der Waals surface area contributed by atoms with Crippen LogP contribution in [0, 0.1) is 0 Å². The lowest BCUT2D eigenvalue weighted by Gasteiger charge is -2.29. The Morgan fingerprint density at radius 3 is 1.02 bits per heavy atom. The normalized spacial score (nSPS) is 11.1. The van der Waals surface area contributed by atoms with E-state index in [2.05, 4.69) is 254 Å². The lowest BCUT2D eigenvalue weighted by Crippen LogP contribution is -2.11. The molecule has 0 heterocycles. The average molecular weight is 752 g/mol. The van der Waals surface area contributed by atoms with Crippen molar-refractivity contribution in [3.05, 3.63) is 249 Å². The van der Waals surface area contributed by atoms with Crippen molar-refractivity contribution in [2.45, 2.75) is 0 Å². The Morgan fingerprint density at radius 1 is 0.220 bits per heavy atom. The summed E-state index contributed by atoms with van der Waals surface area (Å²) in [6.07, 6.45) is 0. The quantitative estimate of drug-likeness (QED) is 0.142. The zero-order chi connectivity index (χ0) is 39.4. The smallest absolute Gasteiger partial charge is 0.0540 e. The molecule has 0 amide bonds. The van der Waals surface area contributed by atoms with Crippen LogP contribution in [0.15, 0.2) is 249 Å². The third-order valence-corrected chi connectivity index (χ3v) is 11.3. The molecule has 0 saturated carbocycles. The fourth-order valence-corrected chi connectivity index (χ4v) is 8.34. The van der Waals surface area contributed by atoms with Crippen LogP contribution in [0.2, 0.25) is 0 Å². The summed E-state index contributed by atoms with van der Waals surface area (Å²) in [5.74, 6) is 0. The SMILES string of the molecule is c1ccc(-c2ccc(-c3cc(N(c4ccc(-c5ccccc5)c(-c5ccc(-c6ccccc6)cc5)c4)c4cccc5ccccc45)ccc3-c3ccccc3)cc2)cc1. The van der Waals surface area contributed by atoms with E-state index in [0.717, 1.165) is 17.1 Å². The van der Waals surface area contributed by atoms with E-state index in [1.165, 1.54) is 77.5 Å². The minimum absolute atomic E-state index is 1.08. The molecule has 0 radical (unpaired) electrons. The molecule has 278 valence electrons. The Hall–Kier alpha value is -7.74. The van der Waals surface area contributed by atoms with Gasteiger partial charge in [-0.2, -0.15) is 0 Å². The van der Waals surface area contributed by atoms with Gasteiger partial charge in [-0.1, -0.05) is 218 Å². The van der Waals surface area contributed by atoms with Crippen LogP contribution in [0.3, 0.4) is 0 Å². The van der Waals surface area contributed by atoms with Crippen molar-refractivity contribution in [2.24, 2.45) is 0 Å². The zero-order valence-corrected chi connectivity index (χ0v) is 32.6. The number of benzene rings is 10. The van der Waals surface area contributed by atoms with Crippen LogP contribution in [-0.4, -0.2) is 0 Å². The van der Waals surface area contributed by atoms with E-state index in [9.17, 15) is 0 Å². The summed E-state index contributed by atoms with van der Waals surface area (Å²) in [6, 6.07) is 89.9. The standard InChI is InChI=1S/C58H41N/c1-5-16-42(17-6-1)44-28-32-49(33-29-44)56-40-51(36-38-53(56)46-20-9-3-10-21-46)59(58-27-15-25-48-24-13-14-26-55(48)58)52-37-39-54(47-22-11-4-12-23-47)57(41-52)50-34-30-45(31-35-50)43-18-7-2-8-19-43/h1-41H. The average Bonchev–Trinajstić information content (AvgIpc) is 3.33. The highest BCUT2D eigenvalue weighted by Crippen LogP contribution is 2.45. The van der Waals surface area contributed by atoms with Crippen molar-refractivity contribution in [3.8, 4) is 66.8 Å². The monoisotopic (exact) mass is 751 g/mol. The summed E-state index contributed by atoms with van der Waals surface area (Å²) < 4.78 is 0. The van der Waals surface area contributed by atoms with Crippen LogP contribution in [-0.2, 0) is 0 Å². The molecule has 0 bridgehead atoms. The fraction of sp³-hybridized carbons (Fsp3) is 0. The predicted molar refractivity (Wildman–Crippen MR) is 251 cm³/mol. The highest BCUT2D eigenvalue weighted by Gasteiger charge is 2.20. The van der Waals surface area contributed by atoms with Crippen LogP contribution >= 0.6 is 0 Å². The van der Waals surface area contributed by atoms with Crippen LogP contribution in [0.1, 0.15) is 0 Å². The first kappa shape index (κ1) is 35.7. The minimum atomic E-state index is 1.08. The molecule has 0 aliphatic rings. The molecule has 0 spiro atoms. The maximum Gasteiger partial charge on any atom is 0.0540 e. The Labute approximate surface area is 346 Å². The second-order valence-corrected chi connectivity index (χ2v) is 14.9. The van der Waals surface area contributed by atoms with Crippen molar-refractivity contribution >= 4 is 27.8 Å². The summed E-state index contributed by atoms with van der Waals surface area (Å²) in [5, 5.41) is 2.39. The zero-order valence-electron chi connectivity index (χ0n) is 32.6. The predicted octanol–water partition coefficient (Wildman–Crippen LogP) is 16.3. The van der Waals surface area contributed by atoms with Crippen molar-refractivity contribution < 1.29 is 0 Å². The number of rotatable bonds is 9. The molecule has 0 unspecified atom stereocenters. The number of anilines is 3. The lowest BCUT2D eigenvalue weighted by atomic mass is 9.91. The van der Waals surface area contributed by atoms with Gasteiger partial charge in [0, 0.05) is 16.8 Å². The molecule has 1 heteroatoms. The lowest BCUT2D eigenvalue weighted by molar-refractivity contribution is 1.30. The summed E-state index contributed by atoms with van der Waals surface area (Å²) in [5.41, 5.74) is 17.6. The highest BCUT2D eigenvalue weighted by molar-refractivity contribution is 6.01. The topological polar surface area (TPSA) is 3.24 Å². The van der Waals surface area contributed by atoms with E-state index in [1.54, 1.807) is 0 Å². The molecule has 1 nitrogen and oxygen atoms in total. The van der Waals surface area contributed by atoms with Gasteiger partial charge in [0.1, 0.15) is 0 Å². The van der Waals surface area contributed by atoms with Gasteiger partial charge in [-0.05, 0) is 102 Å². The van der Waals surface area contributed by atoms with Crippen molar-refractivity contribution in [1.29, 1.82) is 0 Å². The summed E-state index contributed by atoms with van der Waals surface area (Å²) in [7, 11) is 0. The molecule has 0 aromatic heterocycles. The second kappa shape index (κ2) is 16.0. The molecule has 0 atom stereocenters. The Kier molecular flexibility index (Phi) is 9.68. The van der Waals surface area contributed by atoms with Gasteiger partial charge in [-0.3, -0.25) is 0 Å². The second-order valence-electron chi connectivity index (χ2n) is 14.9. The molecule has 0 saturated heterocycles. The first-order valence-electron chi connectivity index (χ1n) is 20.3. The highest BCUT2D eigenvalue weighted by atomic mass is 15.1. The number of hydrogen-bond acceptors (Lipinski definition) is 1. The van der Waals surface area contributed by atoms with Crippen molar-refractivity contribution in [1.82, 2.24) is 0 Å². The van der Waals surface area contributed by atoms with Gasteiger partial charge in [0.2, 0.25) is 0 Å². The Balaban J connectivity index is 1.18. The molecule has 10 aromatic rings. The largest absolute Gasteiger partial charge is 0.310 e. The molecular formula is C58H41N. The minimum Gasteiger partial charge on any atom is -0.310 e. The molecule has 0 fully saturated rings. The fourth-order valence-electron chi connectivity index (χ4n) is 8.34. The van der Waals surface area contributed by atoms with Gasteiger partial charge in [0.25, 0.3) is 0 Å². The summed E-state index contributed by atoms with van der Waals surface area (Å²) in [4.78, 5) is 2.44. The van der Waals surface area contributed by atoms with E-state index in [-0.39, 0.29) is 0 Å². The van der Waals surface area contributed by atoms with Crippen LogP contribution in [0.5, 0.6) is 0 Å². The van der Waals surface area contributed by atoms with Gasteiger partial charge < -0.3 is 4.90 Å². The summed E-state index contributed by atoms with van der Waals surface area (Å²) >= 11 is 0. The Morgan fingerprint density at radius 2 is 0.559 bits per heavy atom. The molecule has 10 rings (SSSR count). The molecule has 10 aromatic carbocycles. The molecule has 0 aliphatic heterocycles. The van der Waals surface area contributed by atoms with Gasteiger partial charge >= 0.3 is 0 Å².